The number of ether oxygens (including phenoxy) is 3. The molecule has 1 atom stereocenters. The molecule has 5 heteroatoms. The molecule has 0 fully saturated rings. The van der Waals surface area contributed by atoms with Gasteiger partial charge in [0.25, 0.3) is 5.91 Å². The Labute approximate surface area is 171 Å². The number of fused-ring (bicyclic) bond motifs is 1. The largest absolute Gasteiger partial charge is 0.490 e. The number of hydrogen-bond acceptors (Lipinski definition) is 4. The predicted molar refractivity (Wildman–Crippen MR) is 115 cm³/mol. The van der Waals surface area contributed by atoms with E-state index in [1.165, 1.54) is 0 Å². The molecule has 3 aromatic rings. The fourth-order valence-electron chi connectivity index (χ4n) is 3.04. The average Bonchev–Trinajstić information content (AvgIpc) is 2.73. The van der Waals surface area contributed by atoms with Gasteiger partial charge in [0.2, 0.25) is 0 Å². The molecule has 3 rings (SSSR count). The molecule has 0 saturated carbocycles. The molecular weight excluding hydrogens is 366 g/mol. The van der Waals surface area contributed by atoms with E-state index in [1.54, 1.807) is 6.92 Å². The summed E-state index contributed by atoms with van der Waals surface area (Å²) in [5, 5.41) is 5.13. The maximum absolute atomic E-state index is 12.5. The van der Waals surface area contributed by atoms with E-state index in [-0.39, 0.29) is 5.91 Å². The van der Waals surface area contributed by atoms with Crippen LogP contribution in [0.4, 0.5) is 0 Å². The van der Waals surface area contributed by atoms with Crippen molar-refractivity contribution in [1.82, 2.24) is 5.32 Å². The van der Waals surface area contributed by atoms with Crippen LogP contribution in [0.3, 0.4) is 0 Å². The number of benzene rings is 3. The van der Waals surface area contributed by atoms with E-state index in [4.69, 9.17) is 14.2 Å². The van der Waals surface area contributed by atoms with Gasteiger partial charge in [0.05, 0.1) is 13.2 Å². The van der Waals surface area contributed by atoms with Gasteiger partial charge in [0, 0.05) is 6.54 Å². The van der Waals surface area contributed by atoms with Crippen LogP contribution in [0.15, 0.2) is 60.7 Å². The van der Waals surface area contributed by atoms with Gasteiger partial charge in [-0.1, -0.05) is 36.4 Å². The van der Waals surface area contributed by atoms with E-state index in [1.807, 2.05) is 74.5 Å². The van der Waals surface area contributed by atoms with Crippen molar-refractivity contribution in [3.8, 4) is 17.2 Å². The zero-order chi connectivity index (χ0) is 20.6. The second kappa shape index (κ2) is 9.82. The van der Waals surface area contributed by atoms with Crippen LogP contribution in [0, 0.1) is 0 Å². The molecule has 0 bridgehead atoms. The van der Waals surface area contributed by atoms with Crippen molar-refractivity contribution >= 4 is 16.7 Å². The monoisotopic (exact) mass is 393 g/mol. The molecule has 0 saturated heterocycles. The van der Waals surface area contributed by atoms with Gasteiger partial charge in [0.1, 0.15) is 5.75 Å². The summed E-state index contributed by atoms with van der Waals surface area (Å²) in [5.74, 6) is 1.88. The lowest BCUT2D eigenvalue weighted by Crippen LogP contribution is -2.35. The molecule has 0 aliphatic rings. The van der Waals surface area contributed by atoms with Crippen molar-refractivity contribution in [2.75, 3.05) is 13.2 Å². The van der Waals surface area contributed by atoms with Gasteiger partial charge >= 0.3 is 0 Å². The lowest BCUT2D eigenvalue weighted by molar-refractivity contribution is -0.127. The van der Waals surface area contributed by atoms with Crippen LogP contribution in [0.1, 0.15) is 26.3 Å². The van der Waals surface area contributed by atoms with Crippen LogP contribution in [-0.2, 0) is 11.3 Å². The summed E-state index contributed by atoms with van der Waals surface area (Å²) in [6.45, 7) is 7.11. The standard InChI is InChI=1S/C24H27NO4/c1-4-27-22-13-10-18(14-23(22)28-5-2)16-25-24(26)17(3)29-21-12-11-19-8-6-7-9-20(19)15-21/h6-15,17H,4-5,16H2,1-3H3,(H,25,26)/t17-/m1/s1. The minimum Gasteiger partial charge on any atom is -0.490 e. The van der Waals surface area contributed by atoms with E-state index in [9.17, 15) is 4.79 Å². The number of rotatable bonds is 9. The Hall–Kier alpha value is -3.21. The zero-order valence-electron chi connectivity index (χ0n) is 17.1. The van der Waals surface area contributed by atoms with E-state index in [2.05, 4.69) is 5.32 Å². The first-order valence-corrected chi connectivity index (χ1v) is 9.92. The van der Waals surface area contributed by atoms with Gasteiger partial charge in [-0.2, -0.15) is 0 Å². The zero-order valence-corrected chi connectivity index (χ0v) is 17.1. The molecule has 0 heterocycles. The van der Waals surface area contributed by atoms with Crippen molar-refractivity contribution in [1.29, 1.82) is 0 Å². The predicted octanol–water partition coefficient (Wildman–Crippen LogP) is 4.72. The fourth-order valence-corrected chi connectivity index (χ4v) is 3.04. The fraction of sp³-hybridized carbons (Fsp3) is 0.292. The van der Waals surface area contributed by atoms with Gasteiger partial charge < -0.3 is 19.5 Å². The molecule has 0 spiro atoms. The third-order valence-electron chi connectivity index (χ3n) is 4.48. The maximum Gasteiger partial charge on any atom is 0.261 e. The van der Waals surface area contributed by atoms with Crippen LogP contribution >= 0.6 is 0 Å². The summed E-state index contributed by atoms with van der Waals surface area (Å²) < 4.78 is 17.0. The van der Waals surface area contributed by atoms with Crippen molar-refractivity contribution in [2.45, 2.75) is 33.4 Å². The summed E-state index contributed by atoms with van der Waals surface area (Å²) in [5.41, 5.74) is 0.933. The highest BCUT2D eigenvalue weighted by Crippen LogP contribution is 2.28. The normalized spacial score (nSPS) is 11.7. The Morgan fingerprint density at radius 2 is 1.62 bits per heavy atom. The average molecular weight is 393 g/mol. The van der Waals surface area contributed by atoms with Gasteiger partial charge in [-0.05, 0) is 61.4 Å². The minimum atomic E-state index is -0.606. The molecule has 0 radical (unpaired) electrons. The Kier molecular flexibility index (Phi) is 6.95. The third kappa shape index (κ3) is 5.41. The lowest BCUT2D eigenvalue weighted by Gasteiger charge is -2.16. The molecule has 0 aliphatic carbocycles. The first-order valence-electron chi connectivity index (χ1n) is 9.92. The maximum atomic E-state index is 12.5. The van der Waals surface area contributed by atoms with Crippen molar-refractivity contribution < 1.29 is 19.0 Å². The molecule has 29 heavy (non-hydrogen) atoms. The highest BCUT2D eigenvalue weighted by atomic mass is 16.5. The van der Waals surface area contributed by atoms with Crippen LogP contribution in [0.2, 0.25) is 0 Å². The molecule has 1 N–H and O–H groups in total. The second-order valence-corrected chi connectivity index (χ2v) is 6.63. The molecule has 152 valence electrons. The van der Waals surface area contributed by atoms with Crippen molar-refractivity contribution in [3.63, 3.8) is 0 Å². The SMILES string of the molecule is CCOc1ccc(CNC(=O)[C@@H](C)Oc2ccc3ccccc3c2)cc1OCC. The van der Waals surface area contributed by atoms with Crippen molar-refractivity contribution in [2.24, 2.45) is 0 Å². The van der Waals surface area contributed by atoms with E-state index < -0.39 is 6.10 Å². The summed E-state index contributed by atoms with van der Waals surface area (Å²) >= 11 is 0. The molecule has 0 aromatic heterocycles. The van der Waals surface area contributed by atoms with E-state index in [0.717, 1.165) is 16.3 Å². The van der Waals surface area contributed by atoms with Gasteiger partial charge in [-0.25, -0.2) is 0 Å². The second-order valence-electron chi connectivity index (χ2n) is 6.63. The first-order chi connectivity index (χ1) is 14.1. The van der Waals surface area contributed by atoms with Gasteiger partial charge in [-0.3, -0.25) is 4.79 Å². The third-order valence-corrected chi connectivity index (χ3v) is 4.48. The van der Waals surface area contributed by atoms with Crippen LogP contribution in [0.25, 0.3) is 10.8 Å². The molecule has 0 unspecified atom stereocenters. The highest BCUT2D eigenvalue weighted by Gasteiger charge is 2.15. The summed E-state index contributed by atoms with van der Waals surface area (Å²) in [6.07, 6.45) is -0.606. The number of amides is 1. The Bertz CT molecular complexity index is 970. The minimum absolute atomic E-state index is 0.176. The van der Waals surface area contributed by atoms with Crippen LogP contribution in [0.5, 0.6) is 17.2 Å². The molecular formula is C24H27NO4. The molecule has 5 nitrogen and oxygen atoms in total. The number of carbonyl (C=O) groups is 1. The van der Waals surface area contributed by atoms with Crippen LogP contribution < -0.4 is 19.5 Å². The first kappa shape index (κ1) is 20.5. The summed E-state index contributed by atoms with van der Waals surface area (Å²) in [7, 11) is 0. The highest BCUT2D eigenvalue weighted by molar-refractivity contribution is 5.84. The molecule has 1 amide bonds. The Morgan fingerprint density at radius 1 is 0.897 bits per heavy atom. The lowest BCUT2D eigenvalue weighted by atomic mass is 10.1. The number of hydrogen-bond donors (Lipinski definition) is 1. The van der Waals surface area contributed by atoms with Gasteiger partial charge in [-0.15, -0.1) is 0 Å². The Balaban J connectivity index is 1.59. The number of nitrogens with one attached hydrogen (secondary N) is 1. The van der Waals surface area contributed by atoms with Crippen molar-refractivity contribution in [3.05, 3.63) is 66.2 Å². The van der Waals surface area contributed by atoms with Crippen LogP contribution in [-0.4, -0.2) is 25.2 Å². The smallest absolute Gasteiger partial charge is 0.261 e. The number of carbonyl (C=O) groups excluding carboxylic acids is 1. The summed E-state index contributed by atoms with van der Waals surface area (Å²) in [4.78, 5) is 12.5. The van der Waals surface area contributed by atoms with Gasteiger partial charge in [0.15, 0.2) is 17.6 Å². The quantitative estimate of drug-likeness (QED) is 0.571. The topological polar surface area (TPSA) is 56.8 Å². The summed E-state index contributed by atoms with van der Waals surface area (Å²) in [6, 6.07) is 19.5. The van der Waals surface area contributed by atoms with E-state index in [0.29, 0.717) is 37.0 Å². The molecule has 0 aliphatic heterocycles. The van der Waals surface area contributed by atoms with E-state index >= 15 is 0 Å². The Morgan fingerprint density at radius 3 is 2.38 bits per heavy atom. The molecule has 3 aromatic carbocycles.